The molecule has 0 aliphatic heterocycles. The Morgan fingerprint density at radius 1 is 1.42 bits per heavy atom. The quantitative estimate of drug-likeness (QED) is 0.637. The van der Waals surface area contributed by atoms with Gasteiger partial charge in [-0.3, -0.25) is 4.79 Å². The minimum atomic E-state index is -0.169. The molecular formula is C9H19NO2. The molecule has 3 nitrogen and oxygen atoms in total. The highest BCUT2D eigenvalue weighted by Crippen LogP contribution is 1.98. The summed E-state index contributed by atoms with van der Waals surface area (Å²) in [6.45, 7) is 6.12. The van der Waals surface area contributed by atoms with Gasteiger partial charge in [0.05, 0.1) is 7.11 Å². The van der Waals surface area contributed by atoms with Gasteiger partial charge < -0.3 is 10.1 Å². The molecule has 0 amide bonds. The van der Waals surface area contributed by atoms with Crippen molar-refractivity contribution in [2.24, 2.45) is 0 Å². The minimum absolute atomic E-state index is 0.148. The largest absolute Gasteiger partial charge is 0.468 e. The molecule has 0 fully saturated rings. The van der Waals surface area contributed by atoms with E-state index in [9.17, 15) is 4.79 Å². The molecule has 0 aromatic carbocycles. The van der Waals surface area contributed by atoms with Crippen LogP contribution in [0, 0.1) is 0 Å². The van der Waals surface area contributed by atoms with Crippen molar-refractivity contribution in [1.82, 2.24) is 5.32 Å². The van der Waals surface area contributed by atoms with Gasteiger partial charge in [0.25, 0.3) is 0 Å². The summed E-state index contributed by atoms with van der Waals surface area (Å²) in [5, 5.41) is 3.19. The molecule has 2 atom stereocenters. The van der Waals surface area contributed by atoms with Crippen LogP contribution in [0.3, 0.4) is 0 Å². The molecule has 0 radical (unpaired) electrons. The summed E-state index contributed by atoms with van der Waals surface area (Å²) in [7, 11) is 1.42. The van der Waals surface area contributed by atoms with Crippen molar-refractivity contribution in [2.45, 2.75) is 45.7 Å². The fourth-order valence-electron chi connectivity index (χ4n) is 0.956. The second-order valence-corrected chi connectivity index (χ2v) is 2.96. The Hall–Kier alpha value is -0.570. The smallest absolute Gasteiger partial charge is 0.322 e. The maximum Gasteiger partial charge on any atom is 0.322 e. The molecule has 12 heavy (non-hydrogen) atoms. The third kappa shape index (κ3) is 3.72. The Kier molecular flexibility index (Phi) is 5.72. The average molecular weight is 173 g/mol. The lowest BCUT2D eigenvalue weighted by atomic mass is 10.2. The van der Waals surface area contributed by atoms with Crippen LogP contribution in [0.25, 0.3) is 0 Å². The molecule has 0 aromatic heterocycles. The van der Waals surface area contributed by atoms with Crippen molar-refractivity contribution in [1.29, 1.82) is 0 Å². The van der Waals surface area contributed by atoms with Crippen LogP contribution in [0.4, 0.5) is 0 Å². The molecule has 72 valence electrons. The van der Waals surface area contributed by atoms with Crippen molar-refractivity contribution in [3.63, 3.8) is 0 Å². The van der Waals surface area contributed by atoms with Crippen LogP contribution < -0.4 is 5.32 Å². The topological polar surface area (TPSA) is 38.3 Å². The second kappa shape index (κ2) is 6.00. The van der Waals surface area contributed by atoms with Gasteiger partial charge in [0.15, 0.2) is 0 Å². The lowest BCUT2D eigenvalue weighted by Crippen LogP contribution is -2.41. The first kappa shape index (κ1) is 11.4. The van der Waals surface area contributed by atoms with E-state index in [0.29, 0.717) is 6.04 Å². The van der Waals surface area contributed by atoms with Gasteiger partial charge in [0, 0.05) is 6.04 Å². The summed E-state index contributed by atoms with van der Waals surface area (Å²) in [6.07, 6.45) is 1.80. The zero-order valence-electron chi connectivity index (χ0n) is 8.39. The number of rotatable bonds is 5. The molecule has 0 rings (SSSR count). The van der Waals surface area contributed by atoms with Gasteiger partial charge in [-0.15, -0.1) is 0 Å². The Morgan fingerprint density at radius 3 is 2.33 bits per heavy atom. The van der Waals surface area contributed by atoms with Gasteiger partial charge in [-0.1, -0.05) is 13.8 Å². The monoisotopic (exact) mass is 173 g/mol. The van der Waals surface area contributed by atoms with Crippen LogP contribution in [-0.2, 0) is 9.53 Å². The van der Waals surface area contributed by atoms with Crippen molar-refractivity contribution < 1.29 is 9.53 Å². The molecule has 0 spiro atoms. The summed E-state index contributed by atoms with van der Waals surface area (Å²) in [5.41, 5.74) is 0. The number of nitrogens with one attached hydrogen (secondary N) is 1. The van der Waals surface area contributed by atoms with E-state index in [4.69, 9.17) is 0 Å². The first-order chi connectivity index (χ1) is 5.65. The van der Waals surface area contributed by atoms with Crippen molar-refractivity contribution >= 4 is 5.97 Å². The Labute approximate surface area is 74.5 Å². The van der Waals surface area contributed by atoms with Gasteiger partial charge in [-0.25, -0.2) is 0 Å². The zero-order valence-corrected chi connectivity index (χ0v) is 8.39. The number of ether oxygens (including phenoxy) is 1. The number of methoxy groups -OCH3 is 1. The van der Waals surface area contributed by atoms with Crippen LogP contribution in [0.2, 0.25) is 0 Å². The van der Waals surface area contributed by atoms with Gasteiger partial charge in [-0.2, -0.15) is 0 Å². The molecule has 1 N–H and O–H groups in total. The molecule has 2 unspecified atom stereocenters. The Bertz CT molecular complexity index is 136. The van der Waals surface area contributed by atoms with Crippen LogP contribution in [-0.4, -0.2) is 25.2 Å². The lowest BCUT2D eigenvalue weighted by Gasteiger charge is -2.18. The number of esters is 1. The van der Waals surface area contributed by atoms with Gasteiger partial charge in [0.1, 0.15) is 6.04 Å². The van der Waals surface area contributed by atoms with Crippen LogP contribution in [0.15, 0.2) is 0 Å². The van der Waals surface area contributed by atoms with Crippen molar-refractivity contribution in [3.05, 3.63) is 0 Å². The highest BCUT2D eigenvalue weighted by Gasteiger charge is 2.17. The third-order valence-electron chi connectivity index (χ3n) is 1.99. The standard InChI is InChI=1S/C9H19NO2/c1-5-7(3)10-8(6-2)9(11)12-4/h7-8,10H,5-6H2,1-4H3. The highest BCUT2D eigenvalue weighted by molar-refractivity contribution is 5.75. The second-order valence-electron chi connectivity index (χ2n) is 2.96. The summed E-state index contributed by atoms with van der Waals surface area (Å²) in [4.78, 5) is 11.1. The maximum atomic E-state index is 11.1. The molecule has 0 saturated heterocycles. The molecule has 0 aromatic rings. The van der Waals surface area contributed by atoms with Crippen molar-refractivity contribution in [3.8, 4) is 0 Å². The van der Waals surface area contributed by atoms with E-state index in [1.165, 1.54) is 7.11 Å². The van der Waals surface area contributed by atoms with Gasteiger partial charge in [0.2, 0.25) is 0 Å². The van der Waals surface area contributed by atoms with Crippen LogP contribution in [0.5, 0.6) is 0 Å². The van der Waals surface area contributed by atoms with E-state index >= 15 is 0 Å². The van der Waals surface area contributed by atoms with Crippen LogP contribution in [0.1, 0.15) is 33.6 Å². The molecule has 0 heterocycles. The molecule has 3 heteroatoms. The van der Waals surface area contributed by atoms with E-state index in [2.05, 4.69) is 23.9 Å². The summed E-state index contributed by atoms with van der Waals surface area (Å²) >= 11 is 0. The highest BCUT2D eigenvalue weighted by atomic mass is 16.5. The Morgan fingerprint density at radius 2 is 2.00 bits per heavy atom. The predicted molar refractivity (Wildman–Crippen MR) is 49.0 cm³/mol. The first-order valence-electron chi connectivity index (χ1n) is 4.49. The SMILES string of the molecule is CCC(C)NC(CC)C(=O)OC. The maximum absolute atomic E-state index is 11.1. The fourth-order valence-corrected chi connectivity index (χ4v) is 0.956. The molecular weight excluding hydrogens is 154 g/mol. The van der Waals surface area contributed by atoms with E-state index in [-0.39, 0.29) is 12.0 Å². The van der Waals surface area contributed by atoms with E-state index in [0.717, 1.165) is 12.8 Å². The average Bonchev–Trinajstić information content (AvgIpc) is 2.12. The summed E-state index contributed by atoms with van der Waals surface area (Å²) < 4.78 is 4.65. The number of carbonyl (C=O) groups excluding carboxylic acids is 1. The summed E-state index contributed by atoms with van der Waals surface area (Å²) in [5.74, 6) is -0.169. The summed E-state index contributed by atoms with van der Waals surface area (Å²) in [6, 6.07) is 0.221. The third-order valence-corrected chi connectivity index (χ3v) is 1.99. The molecule has 0 aliphatic carbocycles. The first-order valence-corrected chi connectivity index (χ1v) is 4.49. The van der Waals surface area contributed by atoms with Gasteiger partial charge >= 0.3 is 5.97 Å². The predicted octanol–water partition coefficient (Wildman–Crippen LogP) is 1.33. The normalized spacial score (nSPS) is 15.3. The van der Waals surface area contributed by atoms with E-state index in [1.807, 2.05) is 6.92 Å². The lowest BCUT2D eigenvalue weighted by molar-refractivity contribution is -0.143. The molecule has 0 bridgehead atoms. The minimum Gasteiger partial charge on any atom is -0.468 e. The molecule has 0 saturated carbocycles. The Balaban J connectivity index is 3.90. The van der Waals surface area contributed by atoms with E-state index < -0.39 is 0 Å². The fraction of sp³-hybridized carbons (Fsp3) is 0.889. The van der Waals surface area contributed by atoms with E-state index in [1.54, 1.807) is 0 Å². The zero-order chi connectivity index (χ0) is 9.56. The number of hydrogen-bond acceptors (Lipinski definition) is 3. The van der Waals surface area contributed by atoms with Gasteiger partial charge in [-0.05, 0) is 19.8 Å². The van der Waals surface area contributed by atoms with Crippen LogP contribution >= 0.6 is 0 Å². The number of hydrogen-bond donors (Lipinski definition) is 1. The molecule has 0 aliphatic rings. The van der Waals surface area contributed by atoms with Crippen molar-refractivity contribution in [2.75, 3.05) is 7.11 Å². The number of carbonyl (C=O) groups is 1.